The Bertz CT molecular complexity index is 892. The molecule has 5 rings (SSSR count). The molecule has 0 bridgehead atoms. The fourth-order valence-corrected chi connectivity index (χ4v) is 4.56. The number of carbonyl (C=O) groups is 1. The third-order valence-electron chi connectivity index (χ3n) is 6.61. The molecule has 1 amide bonds. The molecule has 6 nitrogen and oxygen atoms in total. The number of likely N-dealkylation sites (tertiary alicyclic amines) is 1. The summed E-state index contributed by atoms with van der Waals surface area (Å²) in [5, 5.41) is 4.69. The van der Waals surface area contributed by atoms with Crippen LogP contribution in [0.4, 0.5) is 14.6 Å². The van der Waals surface area contributed by atoms with Crippen molar-refractivity contribution in [3.8, 4) is 0 Å². The van der Waals surface area contributed by atoms with E-state index in [1.807, 2.05) is 10.7 Å². The minimum atomic E-state index is -2.61. The van der Waals surface area contributed by atoms with Crippen molar-refractivity contribution in [2.45, 2.75) is 56.8 Å². The first-order valence-corrected chi connectivity index (χ1v) is 10.7. The second-order valence-corrected chi connectivity index (χ2v) is 8.80. The van der Waals surface area contributed by atoms with Crippen molar-refractivity contribution in [1.29, 1.82) is 0 Å². The number of amides is 1. The minimum Gasteiger partial charge on any atom is -0.355 e. The number of hydrogen-bond acceptors (Lipinski definition) is 4. The average Bonchev–Trinajstić information content (AvgIpc) is 3.47. The lowest BCUT2D eigenvalue weighted by Gasteiger charge is -2.35. The lowest BCUT2D eigenvalue weighted by Crippen LogP contribution is -2.44. The van der Waals surface area contributed by atoms with Crippen molar-refractivity contribution in [3.63, 3.8) is 0 Å². The van der Waals surface area contributed by atoms with Gasteiger partial charge in [0.2, 0.25) is 5.91 Å². The van der Waals surface area contributed by atoms with Gasteiger partial charge < -0.3 is 9.80 Å². The highest BCUT2D eigenvalue weighted by atomic mass is 19.3. The van der Waals surface area contributed by atoms with Crippen molar-refractivity contribution in [2.75, 3.05) is 31.1 Å². The number of rotatable bonds is 4. The maximum atomic E-state index is 13.3. The summed E-state index contributed by atoms with van der Waals surface area (Å²) in [6.45, 7) is 2.07. The quantitative estimate of drug-likeness (QED) is 0.785. The zero-order valence-electron chi connectivity index (χ0n) is 16.6. The van der Waals surface area contributed by atoms with Crippen LogP contribution in [-0.2, 0) is 4.79 Å². The van der Waals surface area contributed by atoms with Crippen molar-refractivity contribution in [2.24, 2.45) is 5.92 Å². The predicted molar refractivity (Wildman–Crippen MR) is 105 cm³/mol. The molecule has 0 spiro atoms. The smallest absolute Gasteiger partial charge is 0.251 e. The van der Waals surface area contributed by atoms with Crippen LogP contribution in [0.25, 0.3) is 5.52 Å². The van der Waals surface area contributed by atoms with E-state index in [-0.39, 0.29) is 31.8 Å². The molecule has 0 unspecified atom stereocenters. The van der Waals surface area contributed by atoms with Crippen LogP contribution in [0.1, 0.15) is 56.6 Å². The van der Waals surface area contributed by atoms with Gasteiger partial charge in [-0.3, -0.25) is 4.79 Å². The van der Waals surface area contributed by atoms with E-state index in [1.54, 1.807) is 11.1 Å². The van der Waals surface area contributed by atoms with Crippen LogP contribution in [0, 0.1) is 5.92 Å². The maximum Gasteiger partial charge on any atom is 0.251 e. The Kier molecular flexibility index (Phi) is 4.67. The van der Waals surface area contributed by atoms with Gasteiger partial charge >= 0.3 is 0 Å². The van der Waals surface area contributed by atoms with Gasteiger partial charge in [0, 0.05) is 63.8 Å². The first-order valence-electron chi connectivity index (χ1n) is 10.7. The first kappa shape index (κ1) is 18.8. The molecule has 0 aromatic carbocycles. The van der Waals surface area contributed by atoms with Crippen LogP contribution in [0.3, 0.4) is 0 Å². The molecule has 0 radical (unpaired) electrons. The van der Waals surface area contributed by atoms with E-state index in [9.17, 15) is 13.6 Å². The van der Waals surface area contributed by atoms with Gasteiger partial charge in [0.15, 0.2) is 5.82 Å². The first-order chi connectivity index (χ1) is 14.0. The highest BCUT2D eigenvalue weighted by Gasteiger charge is 2.36. The number of alkyl halides is 2. The molecule has 4 heterocycles. The molecule has 2 aromatic rings. The zero-order chi connectivity index (χ0) is 20.0. The molecular formula is C21H27F2N5O. The van der Waals surface area contributed by atoms with E-state index in [4.69, 9.17) is 5.10 Å². The number of anilines is 1. The number of aromatic nitrogens is 3. The van der Waals surface area contributed by atoms with Crippen molar-refractivity contribution < 1.29 is 13.6 Å². The number of hydrogen-bond donors (Lipinski definition) is 0. The van der Waals surface area contributed by atoms with Crippen LogP contribution >= 0.6 is 0 Å². The predicted octanol–water partition coefficient (Wildman–Crippen LogP) is 3.47. The van der Waals surface area contributed by atoms with Gasteiger partial charge in [0.05, 0.1) is 5.69 Å². The topological polar surface area (TPSA) is 53.7 Å². The molecule has 2 aromatic heterocycles. The second-order valence-electron chi connectivity index (χ2n) is 8.80. The summed E-state index contributed by atoms with van der Waals surface area (Å²) >= 11 is 0. The number of fused-ring (bicyclic) bond motifs is 1. The lowest BCUT2D eigenvalue weighted by atomic mass is 9.92. The van der Waals surface area contributed by atoms with Gasteiger partial charge in [0.25, 0.3) is 5.92 Å². The van der Waals surface area contributed by atoms with Gasteiger partial charge in [-0.05, 0) is 37.7 Å². The molecule has 1 saturated carbocycles. The molecule has 3 aliphatic rings. The van der Waals surface area contributed by atoms with E-state index in [1.165, 1.54) is 12.8 Å². The second kappa shape index (κ2) is 7.22. The third-order valence-corrected chi connectivity index (χ3v) is 6.61. The van der Waals surface area contributed by atoms with Crippen LogP contribution < -0.4 is 4.90 Å². The van der Waals surface area contributed by atoms with Crippen LogP contribution in [0.5, 0.6) is 0 Å². The molecule has 1 aliphatic carbocycles. The Hall–Kier alpha value is -2.25. The van der Waals surface area contributed by atoms with Gasteiger partial charge in [-0.1, -0.05) is 0 Å². The molecule has 2 saturated heterocycles. The fraction of sp³-hybridized carbons (Fsp3) is 0.667. The molecule has 0 atom stereocenters. The van der Waals surface area contributed by atoms with E-state index in [0.29, 0.717) is 18.3 Å². The van der Waals surface area contributed by atoms with Crippen LogP contribution in [-0.4, -0.2) is 57.5 Å². The van der Waals surface area contributed by atoms with Crippen molar-refractivity contribution in [3.05, 3.63) is 24.2 Å². The van der Waals surface area contributed by atoms with Gasteiger partial charge in [0.1, 0.15) is 5.52 Å². The van der Waals surface area contributed by atoms with Crippen LogP contribution in [0.2, 0.25) is 0 Å². The average molecular weight is 403 g/mol. The summed E-state index contributed by atoms with van der Waals surface area (Å²) in [5.41, 5.74) is 2.21. The van der Waals surface area contributed by atoms with E-state index in [2.05, 4.69) is 16.0 Å². The Morgan fingerprint density at radius 1 is 1.10 bits per heavy atom. The number of carbonyl (C=O) groups excluding carboxylic acids is 1. The van der Waals surface area contributed by atoms with E-state index < -0.39 is 5.92 Å². The standard InChI is InChI=1S/C21H27F2N5O/c22-21(23)5-10-26(11-6-21)19(29)13-15-3-8-27(9-4-15)20-18-14-17(16-1-2-16)25-28(18)12-7-24-20/h7,12,14-16H,1-6,8-11,13H2. The summed E-state index contributed by atoms with van der Waals surface area (Å²) in [7, 11) is 0. The molecule has 29 heavy (non-hydrogen) atoms. The lowest BCUT2D eigenvalue weighted by molar-refractivity contribution is -0.138. The fourth-order valence-electron chi connectivity index (χ4n) is 4.56. The van der Waals surface area contributed by atoms with E-state index >= 15 is 0 Å². The normalized spacial score (nSPS) is 23.0. The SMILES string of the molecule is O=C(CC1CCN(c2nccn3nc(C4CC4)cc23)CC1)N1CCC(F)(F)CC1. The molecule has 8 heteroatoms. The molecule has 156 valence electrons. The van der Waals surface area contributed by atoms with E-state index in [0.717, 1.165) is 43.0 Å². The molecule has 3 fully saturated rings. The Morgan fingerprint density at radius 2 is 1.83 bits per heavy atom. The van der Waals surface area contributed by atoms with Gasteiger partial charge in [-0.25, -0.2) is 18.3 Å². The minimum absolute atomic E-state index is 0.0315. The number of piperidine rings is 2. The number of halogens is 2. The summed E-state index contributed by atoms with van der Waals surface area (Å²) in [6, 6.07) is 2.17. The maximum absolute atomic E-state index is 13.3. The monoisotopic (exact) mass is 403 g/mol. The van der Waals surface area contributed by atoms with Crippen molar-refractivity contribution in [1.82, 2.24) is 19.5 Å². The summed E-state index contributed by atoms with van der Waals surface area (Å²) in [4.78, 5) is 21.0. The zero-order valence-corrected chi connectivity index (χ0v) is 16.6. The summed E-state index contributed by atoms with van der Waals surface area (Å²) < 4.78 is 28.5. The Morgan fingerprint density at radius 3 is 2.52 bits per heavy atom. The Labute approximate surface area is 168 Å². The van der Waals surface area contributed by atoms with Crippen molar-refractivity contribution >= 4 is 17.2 Å². The summed E-state index contributed by atoms with van der Waals surface area (Å²) in [6.07, 6.45) is 8.04. The molecule has 2 aliphatic heterocycles. The van der Waals surface area contributed by atoms with Gasteiger partial charge in [-0.15, -0.1) is 0 Å². The van der Waals surface area contributed by atoms with Gasteiger partial charge in [-0.2, -0.15) is 5.10 Å². The highest BCUT2D eigenvalue weighted by Crippen LogP contribution is 2.40. The van der Waals surface area contributed by atoms with Crippen LogP contribution in [0.15, 0.2) is 18.5 Å². The molecule has 0 N–H and O–H groups in total. The highest BCUT2D eigenvalue weighted by molar-refractivity contribution is 5.76. The largest absolute Gasteiger partial charge is 0.355 e. The number of nitrogens with zero attached hydrogens (tertiary/aromatic N) is 5. The Balaban J connectivity index is 1.19. The molecular weight excluding hydrogens is 376 g/mol. The third kappa shape index (κ3) is 3.94. The summed E-state index contributed by atoms with van der Waals surface area (Å²) in [5.74, 6) is -0.690.